The molecule has 3 heterocycles. The van der Waals surface area contributed by atoms with Crippen molar-refractivity contribution in [1.29, 1.82) is 0 Å². The number of nitrogens with zero attached hydrogens (tertiary/aromatic N) is 4. The number of piperidine rings is 1. The van der Waals surface area contributed by atoms with Gasteiger partial charge in [0.05, 0.1) is 21.7 Å². The van der Waals surface area contributed by atoms with Crippen LogP contribution in [-0.2, 0) is 5.72 Å². The van der Waals surface area contributed by atoms with Crippen LogP contribution in [0, 0.1) is 11.7 Å². The molecule has 0 radical (unpaired) electrons. The maximum Gasteiger partial charge on any atom is 0.414 e. The Morgan fingerprint density at radius 1 is 1.18 bits per heavy atom. The number of nitrogens with one attached hydrogen (secondary N) is 1. The van der Waals surface area contributed by atoms with Crippen molar-refractivity contribution in [2.24, 2.45) is 5.92 Å². The molecule has 2 aliphatic rings. The first-order valence-corrected chi connectivity index (χ1v) is 13.4. The second-order valence-corrected chi connectivity index (χ2v) is 10.8. The van der Waals surface area contributed by atoms with Crippen LogP contribution in [0.15, 0.2) is 60.7 Å². The van der Waals surface area contributed by atoms with E-state index >= 15 is 4.39 Å². The number of carboxylic acid groups (broad SMARTS) is 1. The second-order valence-electron chi connectivity index (χ2n) is 10.4. The zero-order chi connectivity index (χ0) is 28.2. The van der Waals surface area contributed by atoms with Crippen LogP contribution >= 0.6 is 11.6 Å². The first-order valence-electron chi connectivity index (χ1n) is 13.0. The summed E-state index contributed by atoms with van der Waals surface area (Å²) in [6, 6.07) is 15.6. The van der Waals surface area contributed by atoms with Crippen LogP contribution in [0.4, 0.5) is 20.8 Å². The molecular formula is C29H27ClFN5O4. The zero-order valence-corrected chi connectivity index (χ0v) is 22.4. The summed E-state index contributed by atoms with van der Waals surface area (Å²) < 4.78 is 15.2. The summed E-state index contributed by atoms with van der Waals surface area (Å²) in [7, 11) is 2.05. The molecule has 0 aliphatic carbocycles. The van der Waals surface area contributed by atoms with Crippen LogP contribution in [-0.4, -0.2) is 63.8 Å². The van der Waals surface area contributed by atoms with Crippen LogP contribution in [0.3, 0.4) is 0 Å². The smallest absolute Gasteiger partial charge is 0.414 e. The zero-order valence-electron chi connectivity index (χ0n) is 21.6. The molecule has 9 nitrogen and oxygen atoms in total. The predicted octanol–water partition coefficient (Wildman–Crippen LogP) is 5.04. The molecule has 4 aromatic rings. The van der Waals surface area contributed by atoms with Crippen molar-refractivity contribution in [3.63, 3.8) is 0 Å². The number of rotatable bonds is 5. The van der Waals surface area contributed by atoms with Crippen molar-refractivity contribution in [2.75, 3.05) is 36.5 Å². The van der Waals surface area contributed by atoms with Gasteiger partial charge in [-0.25, -0.2) is 19.1 Å². The lowest BCUT2D eigenvalue weighted by atomic mass is 9.93. The van der Waals surface area contributed by atoms with Gasteiger partial charge in [-0.2, -0.15) is 0 Å². The van der Waals surface area contributed by atoms with Crippen molar-refractivity contribution in [1.82, 2.24) is 14.9 Å². The molecule has 206 valence electrons. The van der Waals surface area contributed by atoms with E-state index in [1.54, 1.807) is 42.5 Å². The number of aliphatic hydroxyl groups is 1. The number of fused-ring (bicyclic) bond motifs is 2. The number of anilines is 2. The van der Waals surface area contributed by atoms with Crippen molar-refractivity contribution in [2.45, 2.75) is 18.6 Å². The Bertz CT molecular complexity index is 1640. The normalized spacial score (nSPS) is 19.8. The van der Waals surface area contributed by atoms with Gasteiger partial charge in [0.2, 0.25) is 5.95 Å². The first kappa shape index (κ1) is 26.2. The number of H-pyrrole nitrogens is 1. The van der Waals surface area contributed by atoms with Crippen molar-refractivity contribution < 1.29 is 24.2 Å². The third kappa shape index (κ3) is 4.19. The molecular weight excluding hydrogens is 537 g/mol. The maximum atomic E-state index is 15.2. The van der Waals surface area contributed by atoms with E-state index in [9.17, 15) is 19.8 Å². The SMILES string of the molecule is CN1CCC(CN(C(=O)O)c2nc3ccc(C4(O)c5ccccc5C(=O)N4c4cccc(Cl)c4F)cc3[nH]2)CC1. The van der Waals surface area contributed by atoms with Gasteiger partial charge in [-0.3, -0.25) is 9.69 Å². The summed E-state index contributed by atoms with van der Waals surface area (Å²) >= 11 is 6.04. The van der Waals surface area contributed by atoms with Crippen LogP contribution < -0.4 is 9.80 Å². The van der Waals surface area contributed by atoms with Gasteiger partial charge < -0.3 is 20.1 Å². The van der Waals surface area contributed by atoms with Crippen LogP contribution in [0.5, 0.6) is 0 Å². The molecule has 1 unspecified atom stereocenters. The summed E-state index contributed by atoms with van der Waals surface area (Å²) in [5.74, 6) is -1.04. The Morgan fingerprint density at radius 2 is 1.93 bits per heavy atom. The molecule has 2 aliphatic heterocycles. The number of likely N-dealkylation sites (tertiary alicyclic amines) is 1. The van der Waals surface area contributed by atoms with Crippen LogP contribution in [0.1, 0.15) is 34.3 Å². The van der Waals surface area contributed by atoms with Gasteiger partial charge in [0.15, 0.2) is 11.5 Å². The fraction of sp³-hybridized carbons (Fsp3) is 0.276. The van der Waals surface area contributed by atoms with Crippen molar-refractivity contribution >= 4 is 46.3 Å². The number of carbonyl (C=O) groups is 2. The van der Waals surface area contributed by atoms with Crippen molar-refractivity contribution in [3.05, 3.63) is 88.2 Å². The summed E-state index contributed by atoms with van der Waals surface area (Å²) in [5, 5.41) is 22.1. The Labute approximate surface area is 234 Å². The van der Waals surface area contributed by atoms with Crippen LogP contribution in [0.25, 0.3) is 11.0 Å². The lowest BCUT2D eigenvalue weighted by Gasteiger charge is -2.35. The predicted molar refractivity (Wildman–Crippen MR) is 149 cm³/mol. The summed E-state index contributed by atoms with van der Waals surface area (Å²) in [4.78, 5) is 37.8. The van der Waals surface area contributed by atoms with Gasteiger partial charge >= 0.3 is 6.09 Å². The lowest BCUT2D eigenvalue weighted by molar-refractivity contribution is 0.0699. The minimum atomic E-state index is -2.07. The average Bonchev–Trinajstić information content (AvgIpc) is 3.46. The topological polar surface area (TPSA) is 113 Å². The Morgan fingerprint density at radius 3 is 2.67 bits per heavy atom. The molecule has 1 atom stereocenters. The first-order chi connectivity index (χ1) is 19.2. The molecule has 0 spiro atoms. The molecule has 6 rings (SSSR count). The Hall–Kier alpha value is -3.99. The highest BCUT2D eigenvalue weighted by molar-refractivity contribution is 6.31. The highest BCUT2D eigenvalue weighted by atomic mass is 35.5. The van der Waals surface area contributed by atoms with Gasteiger partial charge in [0.25, 0.3) is 5.91 Å². The number of carbonyl (C=O) groups excluding carboxylic acids is 1. The molecule has 1 fully saturated rings. The third-order valence-corrected chi connectivity index (χ3v) is 8.16. The summed E-state index contributed by atoms with van der Waals surface area (Å²) in [6.45, 7) is 2.12. The number of halogens is 2. The largest absolute Gasteiger partial charge is 0.465 e. The van der Waals surface area contributed by atoms with Gasteiger partial charge in [0.1, 0.15) is 0 Å². The molecule has 1 saturated heterocycles. The number of benzene rings is 3. The molecule has 1 aromatic heterocycles. The molecule has 3 N–H and O–H groups in total. The van der Waals surface area contributed by atoms with Gasteiger partial charge in [-0.05, 0) is 69.2 Å². The number of aromatic amines is 1. The standard InChI is InChI=1S/C29H27ClFN5O4/c1-34-13-11-17(12-14-34)16-35(28(38)39)27-32-22-10-9-18(15-23(22)33-27)29(40)20-6-3-2-5-19(20)26(37)36(29)24-8-4-7-21(30)25(24)31/h2-10,15,17,40H,11-14,16H2,1H3,(H,32,33)(H,38,39). The minimum absolute atomic E-state index is 0.170. The van der Waals surface area contributed by atoms with E-state index in [1.807, 2.05) is 7.05 Å². The molecule has 0 saturated carbocycles. The van der Waals surface area contributed by atoms with Gasteiger partial charge in [-0.15, -0.1) is 0 Å². The third-order valence-electron chi connectivity index (χ3n) is 7.87. The van der Waals surface area contributed by atoms with E-state index in [4.69, 9.17) is 11.6 Å². The number of hydrogen-bond acceptors (Lipinski definition) is 5. The molecule has 2 amide bonds. The maximum absolute atomic E-state index is 15.2. The van der Waals surface area contributed by atoms with Crippen LogP contribution in [0.2, 0.25) is 5.02 Å². The lowest BCUT2D eigenvalue weighted by Crippen LogP contribution is -2.45. The molecule has 11 heteroatoms. The summed E-state index contributed by atoms with van der Waals surface area (Å²) in [5.41, 5.74) is -0.520. The average molecular weight is 564 g/mol. The quantitative estimate of drug-likeness (QED) is 0.314. The fourth-order valence-electron chi connectivity index (χ4n) is 5.69. The fourth-order valence-corrected chi connectivity index (χ4v) is 5.86. The Balaban J connectivity index is 1.43. The van der Waals surface area contributed by atoms with E-state index in [1.165, 1.54) is 23.1 Å². The van der Waals surface area contributed by atoms with E-state index < -0.39 is 23.5 Å². The number of hydrogen-bond donors (Lipinski definition) is 3. The minimum Gasteiger partial charge on any atom is -0.465 e. The van der Waals surface area contributed by atoms with E-state index in [0.29, 0.717) is 17.6 Å². The number of imidazole rings is 1. The van der Waals surface area contributed by atoms with Gasteiger partial charge in [0, 0.05) is 23.2 Å². The Kier molecular flexibility index (Phi) is 6.48. The highest BCUT2D eigenvalue weighted by Crippen LogP contribution is 2.46. The number of amides is 2. The molecule has 40 heavy (non-hydrogen) atoms. The second kappa shape index (κ2) is 9.88. The van der Waals surface area contributed by atoms with E-state index in [2.05, 4.69) is 14.9 Å². The monoisotopic (exact) mass is 563 g/mol. The molecule has 3 aromatic carbocycles. The van der Waals surface area contributed by atoms with Gasteiger partial charge in [-0.1, -0.05) is 41.9 Å². The number of aromatic nitrogens is 2. The summed E-state index contributed by atoms with van der Waals surface area (Å²) in [6.07, 6.45) is 0.664. The highest BCUT2D eigenvalue weighted by Gasteiger charge is 2.51. The van der Waals surface area contributed by atoms with Crippen molar-refractivity contribution in [3.8, 4) is 0 Å². The van der Waals surface area contributed by atoms with E-state index in [0.717, 1.165) is 30.8 Å². The molecule has 0 bridgehead atoms. The van der Waals surface area contributed by atoms with E-state index in [-0.39, 0.29) is 39.3 Å².